The molecule has 116 valence electrons. The molecule has 2 heterocycles. The monoisotopic (exact) mass is 329 g/mol. The van der Waals surface area contributed by atoms with Crippen molar-refractivity contribution in [2.24, 2.45) is 0 Å². The summed E-state index contributed by atoms with van der Waals surface area (Å²) in [5.41, 5.74) is 0.726. The molecule has 0 saturated carbocycles. The van der Waals surface area contributed by atoms with E-state index < -0.39 is 10.0 Å². The zero-order valence-electron chi connectivity index (χ0n) is 12.3. The van der Waals surface area contributed by atoms with Gasteiger partial charge in [0.05, 0.1) is 17.1 Å². The molecule has 21 heavy (non-hydrogen) atoms. The number of hydrogen-bond acceptors (Lipinski definition) is 6. The number of hydrogen-bond donors (Lipinski definition) is 2. The van der Waals surface area contributed by atoms with Crippen molar-refractivity contribution < 1.29 is 12.9 Å². The predicted molar refractivity (Wildman–Crippen MR) is 81.7 cm³/mol. The Kier molecular flexibility index (Phi) is 5.15. The van der Waals surface area contributed by atoms with E-state index >= 15 is 0 Å². The normalized spacial score (nSPS) is 12.0. The van der Waals surface area contributed by atoms with Crippen LogP contribution in [0.1, 0.15) is 28.1 Å². The molecule has 2 aromatic rings. The Balaban J connectivity index is 2.09. The molecule has 0 spiro atoms. The molecule has 0 aliphatic rings. The summed E-state index contributed by atoms with van der Waals surface area (Å²) in [7, 11) is -3.54. The minimum atomic E-state index is -3.54. The van der Waals surface area contributed by atoms with Gasteiger partial charge in [-0.25, -0.2) is 13.1 Å². The third-order valence-electron chi connectivity index (χ3n) is 2.88. The van der Waals surface area contributed by atoms with Gasteiger partial charge in [-0.1, -0.05) is 12.1 Å². The second kappa shape index (κ2) is 6.69. The van der Waals surface area contributed by atoms with Gasteiger partial charge < -0.3 is 9.84 Å². The van der Waals surface area contributed by atoms with E-state index in [1.807, 2.05) is 13.8 Å². The molecule has 0 bridgehead atoms. The zero-order chi connectivity index (χ0) is 15.5. The number of thiophene rings is 1. The van der Waals surface area contributed by atoms with Crippen molar-refractivity contribution in [3.8, 4) is 0 Å². The Labute approximate surface area is 128 Å². The fourth-order valence-electron chi connectivity index (χ4n) is 1.87. The van der Waals surface area contributed by atoms with Gasteiger partial charge >= 0.3 is 0 Å². The Morgan fingerprint density at radius 1 is 1.29 bits per heavy atom. The molecule has 0 unspecified atom stereocenters. The average Bonchev–Trinajstić information content (AvgIpc) is 3.00. The lowest BCUT2D eigenvalue weighted by molar-refractivity contribution is 0.377. The van der Waals surface area contributed by atoms with E-state index in [0.29, 0.717) is 17.2 Å². The quantitative estimate of drug-likeness (QED) is 0.811. The molecule has 0 fully saturated rings. The Hall–Kier alpha value is -1.22. The third-order valence-corrected chi connectivity index (χ3v) is 5.58. The summed E-state index contributed by atoms with van der Waals surface area (Å²) in [5.74, 6) is 0.497. The predicted octanol–water partition coefficient (Wildman–Crippen LogP) is 1.94. The van der Waals surface area contributed by atoms with E-state index in [9.17, 15) is 8.42 Å². The van der Waals surface area contributed by atoms with Crippen molar-refractivity contribution in [1.29, 1.82) is 0 Å². The second-order valence-electron chi connectivity index (χ2n) is 4.67. The Morgan fingerprint density at radius 2 is 2.05 bits per heavy atom. The molecule has 2 rings (SSSR count). The van der Waals surface area contributed by atoms with E-state index in [4.69, 9.17) is 4.52 Å². The van der Waals surface area contributed by atoms with Crippen LogP contribution in [0.3, 0.4) is 0 Å². The van der Waals surface area contributed by atoms with Crippen LogP contribution in [0.5, 0.6) is 0 Å². The van der Waals surface area contributed by atoms with Crippen molar-refractivity contribution in [3.05, 3.63) is 33.3 Å². The zero-order valence-corrected chi connectivity index (χ0v) is 13.9. The van der Waals surface area contributed by atoms with Gasteiger partial charge in [-0.3, -0.25) is 0 Å². The standard InChI is InChI=1S/C13H19N3O3S2/c1-4-14-8-12-6-13(10(3)20-12)21(17,18)15-7-11-5-9(2)16-19-11/h5-6,14-15H,4,7-8H2,1-3H3. The molecule has 0 aliphatic heterocycles. The molecule has 0 atom stereocenters. The lowest BCUT2D eigenvalue weighted by Gasteiger charge is -2.03. The highest BCUT2D eigenvalue weighted by Gasteiger charge is 2.20. The minimum Gasteiger partial charge on any atom is -0.360 e. The molecule has 0 aromatic carbocycles. The molecule has 2 aromatic heterocycles. The van der Waals surface area contributed by atoms with Gasteiger partial charge in [0.25, 0.3) is 0 Å². The van der Waals surface area contributed by atoms with Crippen LogP contribution in [-0.4, -0.2) is 20.1 Å². The fourth-order valence-corrected chi connectivity index (χ4v) is 4.47. The van der Waals surface area contributed by atoms with Crippen molar-refractivity contribution in [1.82, 2.24) is 15.2 Å². The van der Waals surface area contributed by atoms with Crippen LogP contribution < -0.4 is 10.0 Å². The summed E-state index contributed by atoms with van der Waals surface area (Å²) in [6.07, 6.45) is 0. The SMILES string of the molecule is CCNCc1cc(S(=O)(=O)NCc2cc(C)no2)c(C)s1. The van der Waals surface area contributed by atoms with E-state index in [1.54, 1.807) is 19.1 Å². The largest absolute Gasteiger partial charge is 0.360 e. The highest BCUT2D eigenvalue weighted by Crippen LogP contribution is 2.25. The van der Waals surface area contributed by atoms with Crippen LogP contribution in [0.2, 0.25) is 0 Å². The Bertz CT molecular complexity index is 704. The van der Waals surface area contributed by atoms with Crippen LogP contribution in [0, 0.1) is 13.8 Å². The van der Waals surface area contributed by atoms with Crippen molar-refractivity contribution in [2.75, 3.05) is 6.54 Å². The highest BCUT2D eigenvalue weighted by atomic mass is 32.2. The minimum absolute atomic E-state index is 0.0982. The average molecular weight is 329 g/mol. The molecule has 0 saturated heterocycles. The van der Waals surface area contributed by atoms with Gasteiger partial charge in [-0.15, -0.1) is 11.3 Å². The summed E-state index contributed by atoms with van der Waals surface area (Å²) in [6.45, 7) is 7.24. The van der Waals surface area contributed by atoms with E-state index in [2.05, 4.69) is 15.2 Å². The maximum absolute atomic E-state index is 12.3. The molecular formula is C13H19N3O3S2. The Morgan fingerprint density at radius 3 is 2.67 bits per heavy atom. The summed E-state index contributed by atoms with van der Waals surface area (Å²) in [4.78, 5) is 2.12. The molecule has 0 amide bonds. The summed E-state index contributed by atoms with van der Waals surface area (Å²) in [5, 5.41) is 6.92. The number of nitrogens with one attached hydrogen (secondary N) is 2. The second-order valence-corrected chi connectivity index (χ2v) is 7.75. The molecule has 6 nitrogen and oxygen atoms in total. The summed E-state index contributed by atoms with van der Waals surface area (Å²) < 4.78 is 32.2. The number of aromatic nitrogens is 1. The fraction of sp³-hybridized carbons (Fsp3) is 0.462. The van der Waals surface area contributed by atoms with Crippen molar-refractivity contribution in [3.63, 3.8) is 0 Å². The smallest absolute Gasteiger partial charge is 0.242 e. The first-order chi connectivity index (χ1) is 9.92. The maximum Gasteiger partial charge on any atom is 0.242 e. The van der Waals surface area contributed by atoms with E-state index in [1.165, 1.54) is 11.3 Å². The first kappa shape index (κ1) is 16.2. The van der Waals surface area contributed by atoms with Crippen molar-refractivity contribution >= 4 is 21.4 Å². The first-order valence-electron chi connectivity index (χ1n) is 6.64. The molecule has 8 heteroatoms. The van der Waals surface area contributed by atoms with Crippen LogP contribution in [0.25, 0.3) is 0 Å². The molecule has 0 radical (unpaired) electrons. The van der Waals surface area contributed by atoms with Gasteiger partial charge in [0.2, 0.25) is 10.0 Å². The van der Waals surface area contributed by atoms with Gasteiger partial charge in [-0.2, -0.15) is 0 Å². The van der Waals surface area contributed by atoms with E-state index in [-0.39, 0.29) is 6.54 Å². The number of sulfonamides is 1. The molecule has 0 aliphatic carbocycles. The van der Waals surface area contributed by atoms with Crippen LogP contribution in [0.4, 0.5) is 0 Å². The number of nitrogens with zero attached hydrogens (tertiary/aromatic N) is 1. The van der Waals surface area contributed by atoms with Gasteiger partial charge in [0.1, 0.15) is 0 Å². The number of rotatable bonds is 7. The lowest BCUT2D eigenvalue weighted by Crippen LogP contribution is -2.23. The summed E-state index contributed by atoms with van der Waals surface area (Å²) >= 11 is 1.49. The third kappa shape index (κ3) is 4.13. The first-order valence-corrected chi connectivity index (χ1v) is 8.94. The lowest BCUT2D eigenvalue weighted by atomic mass is 10.4. The van der Waals surface area contributed by atoms with Gasteiger partial charge in [-0.05, 0) is 26.5 Å². The van der Waals surface area contributed by atoms with Crippen molar-refractivity contribution in [2.45, 2.75) is 38.8 Å². The molecule has 2 N–H and O–H groups in total. The van der Waals surface area contributed by atoms with Gasteiger partial charge in [0, 0.05) is 22.4 Å². The van der Waals surface area contributed by atoms with E-state index in [0.717, 1.165) is 22.0 Å². The topological polar surface area (TPSA) is 84.2 Å². The highest BCUT2D eigenvalue weighted by molar-refractivity contribution is 7.89. The maximum atomic E-state index is 12.3. The summed E-state index contributed by atoms with van der Waals surface area (Å²) in [6, 6.07) is 3.43. The van der Waals surface area contributed by atoms with Gasteiger partial charge in [0.15, 0.2) is 5.76 Å². The van der Waals surface area contributed by atoms with Crippen LogP contribution >= 0.6 is 11.3 Å². The molecular weight excluding hydrogens is 310 g/mol. The van der Waals surface area contributed by atoms with Crippen LogP contribution in [-0.2, 0) is 23.1 Å². The number of aryl methyl sites for hydroxylation is 2. The van der Waals surface area contributed by atoms with Crippen LogP contribution in [0.15, 0.2) is 21.6 Å².